The Morgan fingerprint density at radius 2 is 2.38 bits per heavy atom. The summed E-state index contributed by atoms with van der Waals surface area (Å²) in [7, 11) is 0. The van der Waals surface area contributed by atoms with Gasteiger partial charge in [-0.25, -0.2) is 0 Å². The lowest BCUT2D eigenvalue weighted by atomic mass is 9.85. The zero-order valence-corrected chi connectivity index (χ0v) is 17.1. The summed E-state index contributed by atoms with van der Waals surface area (Å²) in [5.41, 5.74) is 0. The van der Waals surface area contributed by atoms with Crippen molar-refractivity contribution in [3.63, 3.8) is 0 Å². The molecule has 7 heteroatoms. The summed E-state index contributed by atoms with van der Waals surface area (Å²) in [5.74, 6) is 1.20. The Balaban J connectivity index is 0.00000243. The minimum absolute atomic E-state index is 0. The van der Waals surface area contributed by atoms with E-state index in [-0.39, 0.29) is 24.4 Å². The van der Waals surface area contributed by atoms with Gasteiger partial charge in [0, 0.05) is 24.3 Å². The van der Waals surface area contributed by atoms with Crippen molar-refractivity contribution in [2.24, 2.45) is 11.8 Å². The van der Waals surface area contributed by atoms with E-state index in [9.17, 15) is 9.90 Å². The minimum Gasteiger partial charge on any atom is -0.387 e. The fourth-order valence-corrected chi connectivity index (χ4v) is 4.68. The van der Waals surface area contributed by atoms with E-state index in [0.29, 0.717) is 44.4 Å². The minimum atomic E-state index is -0.526. The van der Waals surface area contributed by atoms with E-state index < -0.39 is 6.10 Å². The van der Waals surface area contributed by atoms with Gasteiger partial charge in [0.2, 0.25) is 5.91 Å². The Labute approximate surface area is 166 Å². The molecular formula is C19H31ClN2O3S. The molecule has 0 spiro atoms. The van der Waals surface area contributed by atoms with E-state index in [2.05, 4.69) is 12.2 Å². The number of hydrogen-bond donors (Lipinski definition) is 2. The molecule has 2 saturated heterocycles. The van der Waals surface area contributed by atoms with Gasteiger partial charge in [-0.05, 0) is 49.2 Å². The van der Waals surface area contributed by atoms with Gasteiger partial charge in [-0.1, -0.05) is 13.0 Å². The topological polar surface area (TPSA) is 61.8 Å². The molecule has 2 fully saturated rings. The average molecular weight is 403 g/mol. The third-order valence-electron chi connectivity index (χ3n) is 5.55. The second-order valence-corrected chi connectivity index (χ2v) is 8.35. The number of morpholine rings is 1. The molecule has 148 valence electrons. The maximum absolute atomic E-state index is 12.9. The van der Waals surface area contributed by atoms with Crippen LogP contribution in [0, 0.1) is 11.8 Å². The van der Waals surface area contributed by atoms with E-state index in [1.165, 1.54) is 12.8 Å². The predicted molar refractivity (Wildman–Crippen MR) is 107 cm³/mol. The second kappa shape index (κ2) is 10.6. The molecule has 2 N–H and O–H groups in total. The number of carbonyl (C=O) groups is 1. The molecule has 0 aliphatic carbocycles. The van der Waals surface area contributed by atoms with Gasteiger partial charge in [0.1, 0.15) is 0 Å². The SMILES string of the molecule is CC(CC(=O)N1CCOCC1CC(O)c1cccs1)C1CCCNC1.Cl. The first-order valence-corrected chi connectivity index (χ1v) is 10.3. The monoisotopic (exact) mass is 402 g/mol. The van der Waals surface area contributed by atoms with Crippen molar-refractivity contribution in [3.05, 3.63) is 22.4 Å². The molecule has 0 bridgehead atoms. The number of amides is 1. The summed E-state index contributed by atoms with van der Waals surface area (Å²) in [5, 5.41) is 15.9. The first-order chi connectivity index (χ1) is 12.1. The third-order valence-corrected chi connectivity index (χ3v) is 6.52. The van der Waals surface area contributed by atoms with E-state index in [1.807, 2.05) is 22.4 Å². The average Bonchev–Trinajstić information content (AvgIpc) is 3.17. The summed E-state index contributed by atoms with van der Waals surface area (Å²) < 4.78 is 5.59. The molecule has 0 saturated carbocycles. The summed E-state index contributed by atoms with van der Waals surface area (Å²) in [6, 6.07) is 3.86. The zero-order chi connectivity index (χ0) is 17.6. The fraction of sp³-hybridized carbons (Fsp3) is 0.737. The number of nitrogens with zero attached hydrogens (tertiary/aromatic N) is 1. The number of rotatable bonds is 6. The first-order valence-electron chi connectivity index (χ1n) is 9.44. The van der Waals surface area contributed by atoms with Crippen LogP contribution in [-0.2, 0) is 9.53 Å². The van der Waals surface area contributed by atoms with Gasteiger partial charge in [-0.2, -0.15) is 0 Å². The highest BCUT2D eigenvalue weighted by Gasteiger charge is 2.31. The summed E-state index contributed by atoms with van der Waals surface area (Å²) in [4.78, 5) is 15.8. The molecule has 4 unspecified atom stereocenters. The number of nitrogens with one attached hydrogen (secondary N) is 1. The molecule has 3 rings (SSSR count). The third kappa shape index (κ3) is 5.67. The van der Waals surface area contributed by atoms with Crippen LogP contribution in [0.3, 0.4) is 0 Å². The van der Waals surface area contributed by atoms with Crippen LogP contribution in [0.15, 0.2) is 17.5 Å². The quantitative estimate of drug-likeness (QED) is 0.768. The van der Waals surface area contributed by atoms with Crippen molar-refractivity contribution >= 4 is 29.7 Å². The number of hydrogen-bond acceptors (Lipinski definition) is 5. The largest absolute Gasteiger partial charge is 0.387 e. The van der Waals surface area contributed by atoms with E-state index in [1.54, 1.807) is 11.3 Å². The molecule has 2 aliphatic heterocycles. The van der Waals surface area contributed by atoms with Gasteiger partial charge < -0.3 is 20.1 Å². The van der Waals surface area contributed by atoms with Crippen LogP contribution < -0.4 is 5.32 Å². The first kappa shape index (κ1) is 21.6. The van der Waals surface area contributed by atoms with Gasteiger partial charge in [-0.15, -0.1) is 23.7 Å². The number of aliphatic hydroxyl groups excluding tert-OH is 1. The van der Waals surface area contributed by atoms with Crippen LogP contribution >= 0.6 is 23.7 Å². The van der Waals surface area contributed by atoms with Crippen molar-refractivity contribution in [3.8, 4) is 0 Å². The maximum atomic E-state index is 12.9. The van der Waals surface area contributed by atoms with Gasteiger partial charge >= 0.3 is 0 Å². The summed E-state index contributed by atoms with van der Waals surface area (Å²) in [6.45, 7) is 6.08. The van der Waals surface area contributed by atoms with Crippen molar-refractivity contribution in [1.82, 2.24) is 10.2 Å². The Hall–Kier alpha value is -0.660. The standard InChI is InChI=1S/C19H30N2O3S.ClH/c1-14(15-4-2-6-20-12-15)10-19(23)21-7-8-24-13-16(21)11-17(22)18-5-3-9-25-18;/h3,5,9,14-17,20,22H,2,4,6-8,10-13H2,1H3;1H. The molecule has 1 aromatic heterocycles. The molecule has 1 aromatic rings. The lowest BCUT2D eigenvalue weighted by molar-refractivity contribution is -0.142. The molecule has 4 atom stereocenters. The maximum Gasteiger partial charge on any atom is 0.223 e. The van der Waals surface area contributed by atoms with E-state index in [4.69, 9.17) is 4.74 Å². The Bertz CT molecular complexity index is 537. The fourth-order valence-electron chi connectivity index (χ4n) is 3.96. The van der Waals surface area contributed by atoms with Crippen LogP contribution in [0.5, 0.6) is 0 Å². The zero-order valence-electron chi connectivity index (χ0n) is 15.4. The molecule has 5 nitrogen and oxygen atoms in total. The number of ether oxygens (including phenoxy) is 1. The van der Waals surface area contributed by atoms with Crippen LogP contribution in [0.2, 0.25) is 0 Å². The van der Waals surface area contributed by atoms with Gasteiger partial charge in [0.25, 0.3) is 0 Å². The van der Waals surface area contributed by atoms with Crippen molar-refractivity contribution in [2.75, 3.05) is 32.8 Å². The van der Waals surface area contributed by atoms with Crippen molar-refractivity contribution < 1.29 is 14.6 Å². The number of halogens is 1. The molecule has 0 aromatic carbocycles. The van der Waals surface area contributed by atoms with Gasteiger partial charge in [-0.3, -0.25) is 4.79 Å². The van der Waals surface area contributed by atoms with Crippen molar-refractivity contribution in [1.29, 1.82) is 0 Å². The van der Waals surface area contributed by atoms with Gasteiger partial charge in [0.15, 0.2) is 0 Å². The molecule has 2 aliphatic rings. The normalized spacial score (nSPS) is 26.0. The molecule has 26 heavy (non-hydrogen) atoms. The van der Waals surface area contributed by atoms with E-state index >= 15 is 0 Å². The number of aliphatic hydroxyl groups is 1. The lowest BCUT2D eigenvalue weighted by Crippen LogP contribution is -2.50. The van der Waals surface area contributed by atoms with Crippen molar-refractivity contribution in [2.45, 2.75) is 44.8 Å². The van der Waals surface area contributed by atoms with Crippen LogP contribution in [0.1, 0.15) is 43.6 Å². The molecule has 1 amide bonds. The van der Waals surface area contributed by atoms with E-state index in [0.717, 1.165) is 18.0 Å². The van der Waals surface area contributed by atoms with Gasteiger partial charge in [0.05, 0.1) is 25.4 Å². The number of piperidine rings is 1. The highest BCUT2D eigenvalue weighted by molar-refractivity contribution is 7.10. The molecular weight excluding hydrogens is 372 g/mol. The highest BCUT2D eigenvalue weighted by atomic mass is 35.5. The number of thiophene rings is 1. The van der Waals surface area contributed by atoms with Crippen LogP contribution in [-0.4, -0.2) is 54.8 Å². The molecule has 0 radical (unpaired) electrons. The Kier molecular flexibility index (Phi) is 8.84. The van der Waals surface area contributed by atoms with Crippen LogP contribution in [0.4, 0.5) is 0 Å². The Morgan fingerprint density at radius 1 is 1.54 bits per heavy atom. The lowest BCUT2D eigenvalue weighted by Gasteiger charge is -2.38. The molecule has 3 heterocycles. The summed E-state index contributed by atoms with van der Waals surface area (Å²) in [6.07, 6.45) is 3.03. The summed E-state index contributed by atoms with van der Waals surface area (Å²) >= 11 is 1.56. The smallest absolute Gasteiger partial charge is 0.223 e. The second-order valence-electron chi connectivity index (χ2n) is 7.37. The number of carbonyl (C=O) groups excluding carboxylic acids is 1. The predicted octanol–water partition coefficient (Wildman–Crippen LogP) is 2.85. The highest BCUT2D eigenvalue weighted by Crippen LogP contribution is 2.28. The Morgan fingerprint density at radius 3 is 3.08 bits per heavy atom. The van der Waals surface area contributed by atoms with Crippen LogP contribution in [0.25, 0.3) is 0 Å².